The monoisotopic (exact) mass is 247 g/mol. The molecule has 0 bridgehead atoms. The lowest BCUT2D eigenvalue weighted by Gasteiger charge is -2.05. The third-order valence-corrected chi connectivity index (χ3v) is 3.87. The summed E-state index contributed by atoms with van der Waals surface area (Å²) in [5.41, 5.74) is 3.86. The largest absolute Gasteiger partial charge is 0.315 e. The van der Waals surface area contributed by atoms with Crippen LogP contribution in [0, 0.1) is 6.92 Å². The van der Waals surface area contributed by atoms with E-state index in [0.29, 0.717) is 0 Å². The molecule has 4 rings (SSSR count). The van der Waals surface area contributed by atoms with Crippen LogP contribution in [-0.4, -0.2) is 4.40 Å². The Hall–Kier alpha value is -2.35. The molecule has 0 aliphatic heterocycles. The van der Waals surface area contributed by atoms with E-state index in [-0.39, 0.29) is 0 Å². The highest BCUT2D eigenvalue weighted by molar-refractivity contribution is 6.02. The summed E-state index contributed by atoms with van der Waals surface area (Å²) < 4.78 is 4.41. The van der Waals surface area contributed by atoms with E-state index >= 15 is 0 Å². The molecule has 0 radical (unpaired) electrons. The zero-order valence-electron chi connectivity index (χ0n) is 11.1. The quantitative estimate of drug-likeness (QED) is 0.421. The van der Waals surface area contributed by atoms with Crippen LogP contribution in [0.15, 0.2) is 55.0 Å². The van der Waals surface area contributed by atoms with Crippen LogP contribution in [0.4, 0.5) is 0 Å². The van der Waals surface area contributed by atoms with Crippen molar-refractivity contribution in [3.63, 3.8) is 0 Å². The molecular weight excluding hydrogens is 232 g/mol. The predicted molar refractivity (Wildman–Crippen MR) is 78.3 cm³/mol. The highest BCUT2D eigenvalue weighted by Gasteiger charge is 2.10. The Morgan fingerprint density at radius 3 is 2.74 bits per heavy atom. The number of hydrogen-bond acceptors (Lipinski definition) is 0. The summed E-state index contributed by atoms with van der Waals surface area (Å²) in [6.07, 6.45) is 6.55. The normalized spacial score (nSPS) is 11.7. The summed E-state index contributed by atoms with van der Waals surface area (Å²) in [6, 6.07) is 13.0. The molecule has 0 unspecified atom stereocenters. The average Bonchev–Trinajstić information content (AvgIpc) is 2.78. The Bertz CT molecular complexity index is 932. The maximum atomic E-state index is 2.30. The molecule has 0 fully saturated rings. The van der Waals surface area contributed by atoms with Gasteiger partial charge in [-0.1, -0.05) is 18.2 Å². The lowest BCUT2D eigenvalue weighted by Crippen LogP contribution is -2.26. The molecule has 1 aromatic carbocycles. The van der Waals surface area contributed by atoms with Gasteiger partial charge in [0.15, 0.2) is 12.4 Å². The van der Waals surface area contributed by atoms with Crippen molar-refractivity contribution in [3.05, 3.63) is 60.6 Å². The van der Waals surface area contributed by atoms with Gasteiger partial charge in [-0.2, -0.15) is 0 Å². The van der Waals surface area contributed by atoms with Crippen LogP contribution < -0.4 is 4.57 Å². The first-order valence-corrected chi connectivity index (χ1v) is 6.52. The fourth-order valence-corrected chi connectivity index (χ4v) is 2.93. The summed E-state index contributed by atoms with van der Waals surface area (Å²) >= 11 is 0. The Morgan fingerprint density at radius 1 is 1.00 bits per heavy atom. The molecule has 3 heterocycles. The van der Waals surface area contributed by atoms with Crippen LogP contribution in [0.25, 0.3) is 27.2 Å². The Kier molecular flexibility index (Phi) is 1.99. The van der Waals surface area contributed by atoms with Gasteiger partial charge >= 0.3 is 0 Å². The SMILES string of the molecule is Cc1cn2c3ccccc3cc2c2c[n+](C)ccc12. The smallest absolute Gasteiger partial charge is 0.178 e. The molecule has 2 nitrogen and oxygen atoms in total. The molecule has 0 aliphatic rings. The third-order valence-electron chi connectivity index (χ3n) is 3.87. The van der Waals surface area contributed by atoms with Crippen molar-refractivity contribution in [1.29, 1.82) is 0 Å². The van der Waals surface area contributed by atoms with E-state index in [4.69, 9.17) is 0 Å². The molecule has 19 heavy (non-hydrogen) atoms. The molecule has 4 aromatic rings. The number of hydrogen-bond donors (Lipinski definition) is 0. The Balaban J connectivity index is 2.34. The number of para-hydroxylation sites is 1. The third kappa shape index (κ3) is 1.40. The number of pyridine rings is 2. The van der Waals surface area contributed by atoms with Gasteiger partial charge in [0.2, 0.25) is 0 Å². The maximum absolute atomic E-state index is 2.30. The molecule has 0 N–H and O–H groups in total. The van der Waals surface area contributed by atoms with Crippen molar-refractivity contribution in [2.45, 2.75) is 6.92 Å². The number of aromatic nitrogens is 2. The first-order chi connectivity index (χ1) is 9.24. The Labute approximate surface area is 111 Å². The molecule has 0 spiro atoms. The number of benzene rings is 1. The lowest BCUT2D eigenvalue weighted by molar-refractivity contribution is -0.670. The van der Waals surface area contributed by atoms with Crippen molar-refractivity contribution in [1.82, 2.24) is 4.40 Å². The fraction of sp³-hybridized carbons (Fsp3) is 0.118. The summed E-state index contributed by atoms with van der Waals surface area (Å²) in [7, 11) is 2.07. The highest BCUT2D eigenvalue weighted by Crippen LogP contribution is 2.27. The standard InChI is InChI=1S/C17H15N2/c1-12-10-19-16-6-4-3-5-13(16)9-17(19)15-11-18(2)8-7-14(12)15/h3-11H,1-2H3/q+1. The van der Waals surface area contributed by atoms with E-state index in [2.05, 4.69) is 77.9 Å². The van der Waals surface area contributed by atoms with Crippen molar-refractivity contribution in [2.75, 3.05) is 0 Å². The van der Waals surface area contributed by atoms with Crippen LogP contribution in [0.2, 0.25) is 0 Å². The molecule has 0 atom stereocenters. The summed E-state index contributed by atoms with van der Waals surface area (Å²) in [5.74, 6) is 0. The van der Waals surface area contributed by atoms with Gasteiger partial charge in [0.25, 0.3) is 0 Å². The number of nitrogens with zero attached hydrogens (tertiary/aromatic N) is 2. The van der Waals surface area contributed by atoms with Gasteiger partial charge in [-0.3, -0.25) is 0 Å². The molecule has 0 amide bonds. The zero-order chi connectivity index (χ0) is 13.0. The van der Waals surface area contributed by atoms with Crippen molar-refractivity contribution >= 4 is 27.2 Å². The number of fused-ring (bicyclic) bond motifs is 5. The van der Waals surface area contributed by atoms with Crippen molar-refractivity contribution in [3.8, 4) is 0 Å². The van der Waals surface area contributed by atoms with Crippen LogP contribution >= 0.6 is 0 Å². The average molecular weight is 247 g/mol. The van der Waals surface area contributed by atoms with E-state index in [1.54, 1.807) is 0 Å². The second kappa shape index (κ2) is 3.58. The minimum Gasteiger partial charge on any atom is -0.315 e. The van der Waals surface area contributed by atoms with Gasteiger partial charge in [0, 0.05) is 23.0 Å². The van der Waals surface area contributed by atoms with Crippen molar-refractivity contribution < 1.29 is 4.57 Å². The van der Waals surface area contributed by atoms with E-state index in [9.17, 15) is 0 Å². The van der Waals surface area contributed by atoms with Crippen molar-refractivity contribution in [2.24, 2.45) is 7.05 Å². The molecule has 92 valence electrons. The molecule has 2 heteroatoms. The second-order valence-electron chi connectivity index (χ2n) is 5.21. The summed E-state index contributed by atoms with van der Waals surface area (Å²) in [4.78, 5) is 0. The summed E-state index contributed by atoms with van der Waals surface area (Å²) in [6.45, 7) is 2.18. The topological polar surface area (TPSA) is 8.29 Å². The van der Waals surface area contributed by atoms with E-state index in [1.165, 1.54) is 32.8 Å². The minimum absolute atomic E-state index is 1.27. The molecule has 0 saturated carbocycles. The molecule has 0 saturated heterocycles. The molecule has 3 aromatic heterocycles. The maximum Gasteiger partial charge on any atom is 0.178 e. The summed E-state index contributed by atoms with van der Waals surface area (Å²) in [5, 5.41) is 3.93. The second-order valence-corrected chi connectivity index (χ2v) is 5.21. The highest BCUT2D eigenvalue weighted by atomic mass is 14.9. The lowest BCUT2D eigenvalue weighted by atomic mass is 10.1. The molecule has 0 aliphatic carbocycles. The first-order valence-electron chi connectivity index (χ1n) is 6.52. The Morgan fingerprint density at radius 2 is 1.84 bits per heavy atom. The van der Waals surface area contributed by atoms with E-state index < -0.39 is 0 Å². The minimum atomic E-state index is 1.27. The van der Waals surface area contributed by atoms with Gasteiger partial charge in [-0.25, -0.2) is 4.57 Å². The fourth-order valence-electron chi connectivity index (χ4n) is 2.93. The van der Waals surface area contributed by atoms with Crippen LogP contribution in [0.5, 0.6) is 0 Å². The van der Waals surface area contributed by atoms with Gasteiger partial charge in [-0.15, -0.1) is 0 Å². The van der Waals surface area contributed by atoms with Crippen LogP contribution in [0.1, 0.15) is 5.56 Å². The number of rotatable bonds is 0. The molecular formula is C17H15N2+. The first kappa shape index (κ1) is 10.6. The van der Waals surface area contributed by atoms with Gasteiger partial charge in [0.05, 0.1) is 16.4 Å². The zero-order valence-corrected chi connectivity index (χ0v) is 11.1. The van der Waals surface area contributed by atoms with Crippen LogP contribution in [0.3, 0.4) is 0 Å². The van der Waals surface area contributed by atoms with E-state index in [1.807, 2.05) is 0 Å². The van der Waals surface area contributed by atoms with Gasteiger partial charge in [-0.05, 0) is 24.6 Å². The van der Waals surface area contributed by atoms with Crippen LogP contribution in [-0.2, 0) is 7.05 Å². The van der Waals surface area contributed by atoms with E-state index in [0.717, 1.165) is 0 Å². The van der Waals surface area contributed by atoms with Gasteiger partial charge < -0.3 is 4.40 Å². The predicted octanol–water partition coefficient (Wildman–Crippen LogP) is 3.38. The van der Waals surface area contributed by atoms with Gasteiger partial charge in [0.1, 0.15) is 7.05 Å². The number of aryl methyl sites for hydroxylation is 2.